The van der Waals surface area contributed by atoms with Crippen molar-refractivity contribution in [3.05, 3.63) is 58.8 Å². The van der Waals surface area contributed by atoms with Crippen LogP contribution in [0.4, 0.5) is 5.82 Å². The van der Waals surface area contributed by atoms with Crippen molar-refractivity contribution in [2.75, 3.05) is 5.32 Å². The summed E-state index contributed by atoms with van der Waals surface area (Å²) >= 11 is 1.45. The number of nitrogens with one attached hydrogen (secondary N) is 2. The van der Waals surface area contributed by atoms with Crippen molar-refractivity contribution >= 4 is 17.6 Å². The molecule has 2 aromatic heterocycles. The number of anilines is 1. The molecule has 0 aliphatic heterocycles. The third-order valence-corrected chi connectivity index (χ3v) is 3.10. The lowest BCUT2D eigenvalue weighted by atomic mass is 10.3. The maximum Gasteiger partial charge on any atom is 0.253 e. The molecule has 0 saturated carbocycles. The fourth-order valence-corrected chi connectivity index (χ4v) is 2.23. The third-order valence-electron chi connectivity index (χ3n) is 2.16. The first-order valence-electron chi connectivity index (χ1n) is 5.69. The van der Waals surface area contributed by atoms with Crippen LogP contribution in [0.1, 0.15) is 12.5 Å². The molecule has 0 unspecified atom stereocenters. The van der Waals surface area contributed by atoms with Crippen LogP contribution in [-0.4, -0.2) is 15.0 Å². The molecule has 0 aliphatic carbocycles. The molecule has 0 amide bonds. The molecule has 2 N–H and O–H groups in total. The van der Waals surface area contributed by atoms with Gasteiger partial charge in [-0.1, -0.05) is 24.4 Å². The van der Waals surface area contributed by atoms with Gasteiger partial charge in [0.25, 0.3) is 5.56 Å². The van der Waals surface area contributed by atoms with E-state index in [1.807, 2.05) is 19.1 Å². The summed E-state index contributed by atoms with van der Waals surface area (Å²) < 4.78 is 0. The number of aromatic nitrogens is 3. The summed E-state index contributed by atoms with van der Waals surface area (Å²) in [6.45, 7) is 5.54. The zero-order chi connectivity index (χ0) is 13.7. The minimum absolute atomic E-state index is 0.188. The normalized spacial score (nSPS) is 10.2. The van der Waals surface area contributed by atoms with Gasteiger partial charge in [-0.05, 0) is 18.6 Å². The number of pyridine rings is 1. The molecule has 98 valence electrons. The Kier molecular flexibility index (Phi) is 4.35. The lowest BCUT2D eigenvalue weighted by Crippen LogP contribution is -2.10. The number of hydrogen-bond donors (Lipinski definition) is 2. The van der Waals surface area contributed by atoms with E-state index in [4.69, 9.17) is 0 Å². The lowest BCUT2D eigenvalue weighted by Gasteiger charge is -2.06. The Balaban J connectivity index is 2.10. The number of H-pyrrole nitrogens is 1. The highest BCUT2D eigenvalue weighted by Crippen LogP contribution is 2.18. The van der Waals surface area contributed by atoms with Crippen LogP contribution < -0.4 is 10.9 Å². The zero-order valence-electron chi connectivity index (χ0n) is 10.5. The van der Waals surface area contributed by atoms with E-state index in [0.29, 0.717) is 16.7 Å². The van der Waals surface area contributed by atoms with Gasteiger partial charge in [0.1, 0.15) is 5.82 Å². The molecular weight excluding hydrogens is 260 g/mol. The average Bonchev–Trinajstić information content (AvgIpc) is 2.36. The molecule has 0 atom stereocenters. The van der Waals surface area contributed by atoms with Crippen molar-refractivity contribution in [3.63, 3.8) is 0 Å². The van der Waals surface area contributed by atoms with Gasteiger partial charge >= 0.3 is 0 Å². The molecule has 6 heteroatoms. The Labute approximate surface area is 115 Å². The molecule has 0 radical (unpaired) electrons. The van der Waals surface area contributed by atoms with E-state index in [2.05, 4.69) is 26.8 Å². The van der Waals surface area contributed by atoms with Gasteiger partial charge < -0.3 is 10.3 Å². The summed E-state index contributed by atoms with van der Waals surface area (Å²) in [5.41, 5.74) is 1.63. The molecule has 0 fully saturated rings. The summed E-state index contributed by atoms with van der Waals surface area (Å²) in [5, 5.41) is 3.50. The van der Waals surface area contributed by atoms with Crippen LogP contribution in [0.15, 0.2) is 52.8 Å². The van der Waals surface area contributed by atoms with Gasteiger partial charge in [-0.15, -0.1) is 0 Å². The molecule has 2 aromatic rings. The second-order valence-electron chi connectivity index (χ2n) is 3.99. The maximum atomic E-state index is 11.5. The van der Waals surface area contributed by atoms with Gasteiger partial charge in [0.05, 0.1) is 0 Å². The minimum Gasteiger partial charge on any atom is -0.344 e. The number of aromatic amines is 1. The van der Waals surface area contributed by atoms with Gasteiger partial charge in [-0.2, -0.15) is 0 Å². The van der Waals surface area contributed by atoms with Crippen molar-refractivity contribution in [1.82, 2.24) is 15.0 Å². The molecule has 0 bridgehead atoms. The number of thioether (sulfide) groups is 1. The Morgan fingerprint density at radius 2 is 2.42 bits per heavy atom. The van der Waals surface area contributed by atoms with Gasteiger partial charge in [-0.25, -0.2) is 4.98 Å². The highest BCUT2D eigenvalue weighted by Gasteiger charge is 2.03. The van der Waals surface area contributed by atoms with Crippen molar-refractivity contribution in [2.24, 2.45) is 0 Å². The van der Waals surface area contributed by atoms with Gasteiger partial charge in [0.2, 0.25) is 0 Å². The number of allylic oxidation sites excluding steroid dienone is 1. The van der Waals surface area contributed by atoms with E-state index < -0.39 is 0 Å². The monoisotopic (exact) mass is 274 g/mol. The fourth-order valence-electron chi connectivity index (χ4n) is 1.42. The van der Waals surface area contributed by atoms with E-state index >= 15 is 0 Å². The molecule has 5 nitrogen and oxygen atoms in total. The molecule has 0 aromatic carbocycles. The Bertz CT molecular complexity index is 624. The van der Waals surface area contributed by atoms with Crippen LogP contribution >= 0.6 is 11.8 Å². The van der Waals surface area contributed by atoms with Crippen LogP contribution in [-0.2, 0) is 5.75 Å². The van der Waals surface area contributed by atoms with Gasteiger partial charge in [0.15, 0.2) is 5.16 Å². The van der Waals surface area contributed by atoms with E-state index in [9.17, 15) is 4.79 Å². The van der Waals surface area contributed by atoms with Crippen LogP contribution in [0.25, 0.3) is 0 Å². The van der Waals surface area contributed by atoms with Gasteiger partial charge in [0, 0.05) is 29.9 Å². The van der Waals surface area contributed by atoms with E-state index in [1.54, 1.807) is 12.4 Å². The summed E-state index contributed by atoms with van der Waals surface area (Å²) in [6, 6.07) is 5.27. The highest BCUT2D eigenvalue weighted by atomic mass is 32.2. The van der Waals surface area contributed by atoms with E-state index in [-0.39, 0.29) is 5.56 Å². The topological polar surface area (TPSA) is 70.7 Å². The second-order valence-corrected chi connectivity index (χ2v) is 4.96. The standard InChI is InChI=1S/C13H14N4OS/c1-9(2)15-11-6-12(18)17-13(16-11)19-8-10-4-3-5-14-7-10/h3-7H,1,8H2,2H3,(H2,15,16,17,18). The van der Waals surface area contributed by atoms with Crippen molar-refractivity contribution < 1.29 is 0 Å². The molecule has 0 spiro atoms. The summed E-state index contributed by atoms with van der Waals surface area (Å²) in [7, 11) is 0. The predicted octanol–water partition coefficient (Wildman–Crippen LogP) is 2.40. The molecule has 0 aliphatic rings. The smallest absolute Gasteiger partial charge is 0.253 e. The Hall–Kier alpha value is -2.08. The van der Waals surface area contributed by atoms with Crippen molar-refractivity contribution in [2.45, 2.75) is 17.8 Å². The minimum atomic E-state index is -0.188. The lowest BCUT2D eigenvalue weighted by molar-refractivity contribution is 0.938. The molecule has 19 heavy (non-hydrogen) atoms. The van der Waals surface area contributed by atoms with Crippen LogP contribution in [0.2, 0.25) is 0 Å². The second kappa shape index (κ2) is 6.19. The average molecular weight is 274 g/mol. The largest absolute Gasteiger partial charge is 0.344 e. The van der Waals surface area contributed by atoms with E-state index in [0.717, 1.165) is 11.3 Å². The first-order valence-corrected chi connectivity index (χ1v) is 6.67. The first-order chi connectivity index (χ1) is 9.13. The number of rotatable bonds is 5. The number of nitrogens with zero attached hydrogens (tertiary/aromatic N) is 2. The first kappa shape index (κ1) is 13.4. The van der Waals surface area contributed by atoms with Crippen LogP contribution in [0.5, 0.6) is 0 Å². The van der Waals surface area contributed by atoms with Crippen LogP contribution in [0, 0.1) is 0 Å². The Morgan fingerprint density at radius 1 is 1.58 bits per heavy atom. The van der Waals surface area contributed by atoms with Crippen LogP contribution in [0.3, 0.4) is 0 Å². The summed E-state index contributed by atoms with van der Waals surface area (Å²) in [4.78, 5) is 22.6. The molecule has 2 heterocycles. The molecule has 0 saturated heterocycles. The SMILES string of the molecule is C=C(C)Nc1cc(=O)[nH]c(SCc2cccnc2)n1. The maximum absolute atomic E-state index is 11.5. The summed E-state index contributed by atoms with van der Waals surface area (Å²) in [5.74, 6) is 1.21. The predicted molar refractivity (Wildman–Crippen MR) is 77.1 cm³/mol. The highest BCUT2D eigenvalue weighted by molar-refractivity contribution is 7.98. The third kappa shape index (κ3) is 4.26. The van der Waals surface area contributed by atoms with Gasteiger partial charge in [-0.3, -0.25) is 9.78 Å². The quantitative estimate of drug-likeness (QED) is 0.647. The molecular formula is C13H14N4OS. The Morgan fingerprint density at radius 3 is 3.11 bits per heavy atom. The summed E-state index contributed by atoms with van der Waals surface area (Å²) in [6.07, 6.45) is 3.52. The fraction of sp³-hybridized carbons (Fsp3) is 0.154. The van der Waals surface area contributed by atoms with Crippen molar-refractivity contribution in [1.29, 1.82) is 0 Å². The molecule has 2 rings (SSSR count). The van der Waals surface area contributed by atoms with E-state index in [1.165, 1.54) is 17.8 Å². The van der Waals surface area contributed by atoms with Crippen molar-refractivity contribution in [3.8, 4) is 0 Å². The number of hydrogen-bond acceptors (Lipinski definition) is 5. The zero-order valence-corrected chi connectivity index (χ0v) is 11.3.